The van der Waals surface area contributed by atoms with Crippen LogP contribution in [0.25, 0.3) is 16.9 Å². The first-order chi connectivity index (χ1) is 21.3. The molecule has 0 aliphatic heterocycles. The summed E-state index contributed by atoms with van der Waals surface area (Å²) in [5.41, 5.74) is 8.57. The van der Waals surface area contributed by atoms with Gasteiger partial charge in [0.1, 0.15) is 6.61 Å². The van der Waals surface area contributed by atoms with Crippen LogP contribution in [0.15, 0.2) is 113 Å². The minimum Gasteiger partial charge on any atom is -0.490 e. The number of amides is 1. The summed E-state index contributed by atoms with van der Waals surface area (Å²) in [4.78, 5) is 23.5. The lowest BCUT2D eigenvalue weighted by atomic mass is 10.1. The van der Waals surface area contributed by atoms with Gasteiger partial charge in [-0.05, 0) is 95.0 Å². The van der Waals surface area contributed by atoms with Crippen molar-refractivity contribution in [3.8, 4) is 28.4 Å². The smallest absolute Gasteiger partial charge is 0.271 e. The average molecular weight is 654 g/mol. The molecule has 5 rings (SSSR count). The molecule has 0 bridgehead atoms. The van der Waals surface area contributed by atoms with Crippen molar-refractivity contribution in [2.24, 2.45) is 5.10 Å². The van der Waals surface area contributed by atoms with Gasteiger partial charge in [-0.25, -0.2) is 5.43 Å². The van der Waals surface area contributed by atoms with Gasteiger partial charge >= 0.3 is 0 Å². The lowest BCUT2D eigenvalue weighted by molar-refractivity contribution is -0.384. The number of nitrogens with zero attached hydrogens (tertiary/aromatic N) is 3. The topological polar surface area (TPSA) is 108 Å². The number of nitro benzene ring substituents is 1. The van der Waals surface area contributed by atoms with Crippen LogP contribution in [-0.2, 0) is 6.61 Å². The Morgan fingerprint density at radius 2 is 1.75 bits per heavy atom. The highest BCUT2D eigenvalue weighted by atomic mass is 79.9. The van der Waals surface area contributed by atoms with Crippen LogP contribution < -0.4 is 14.9 Å². The molecule has 0 fully saturated rings. The van der Waals surface area contributed by atoms with Crippen LogP contribution in [0.4, 0.5) is 5.69 Å². The van der Waals surface area contributed by atoms with Gasteiger partial charge in [-0.3, -0.25) is 14.9 Å². The molecule has 1 amide bonds. The number of non-ortho nitro benzene ring substituents is 1. The van der Waals surface area contributed by atoms with Gasteiger partial charge in [-0.2, -0.15) is 5.10 Å². The largest absolute Gasteiger partial charge is 0.490 e. The third-order valence-corrected chi connectivity index (χ3v) is 7.34. The summed E-state index contributed by atoms with van der Waals surface area (Å²) >= 11 is 3.52. The molecule has 1 heterocycles. The van der Waals surface area contributed by atoms with Gasteiger partial charge in [0.25, 0.3) is 11.6 Å². The predicted molar refractivity (Wildman–Crippen MR) is 174 cm³/mol. The van der Waals surface area contributed by atoms with Crippen molar-refractivity contribution in [2.45, 2.75) is 20.5 Å². The second-order valence-electron chi connectivity index (χ2n) is 9.79. The van der Waals surface area contributed by atoms with E-state index < -0.39 is 4.92 Å². The number of ether oxygens (including phenoxy) is 2. The molecule has 4 aromatic carbocycles. The fourth-order valence-electron chi connectivity index (χ4n) is 4.69. The Morgan fingerprint density at radius 3 is 2.48 bits per heavy atom. The Bertz CT molecular complexity index is 1820. The molecule has 1 N–H and O–H groups in total. The van der Waals surface area contributed by atoms with Crippen molar-refractivity contribution in [1.82, 2.24) is 9.99 Å². The van der Waals surface area contributed by atoms with Gasteiger partial charge < -0.3 is 14.0 Å². The number of rotatable bonds is 11. The van der Waals surface area contributed by atoms with Crippen LogP contribution in [0.2, 0.25) is 0 Å². The molecule has 0 atom stereocenters. The van der Waals surface area contributed by atoms with Gasteiger partial charge in [0, 0.05) is 29.1 Å². The number of carbonyl (C=O) groups is 1. The third kappa shape index (κ3) is 7.04. The zero-order valence-corrected chi connectivity index (χ0v) is 25.7. The number of hydrogen-bond acceptors (Lipinski definition) is 6. The second-order valence-corrected chi connectivity index (χ2v) is 10.6. The molecular weight excluding hydrogens is 624 g/mol. The molecule has 222 valence electrons. The zero-order valence-electron chi connectivity index (χ0n) is 24.1. The molecule has 10 heteroatoms. The zero-order chi connectivity index (χ0) is 31.1. The molecule has 5 aromatic rings. The summed E-state index contributed by atoms with van der Waals surface area (Å²) in [6, 6.07) is 31.5. The van der Waals surface area contributed by atoms with Crippen molar-refractivity contribution in [1.29, 1.82) is 0 Å². The van der Waals surface area contributed by atoms with E-state index in [1.54, 1.807) is 36.4 Å². The highest BCUT2D eigenvalue weighted by Gasteiger charge is 2.14. The van der Waals surface area contributed by atoms with E-state index in [2.05, 4.69) is 55.3 Å². The molecule has 0 saturated heterocycles. The fourth-order valence-corrected chi connectivity index (χ4v) is 5.26. The Morgan fingerprint density at radius 1 is 0.977 bits per heavy atom. The summed E-state index contributed by atoms with van der Waals surface area (Å²) in [6.07, 6.45) is 1.51. The molecule has 9 nitrogen and oxygen atoms in total. The maximum atomic E-state index is 12.8. The Hall–Kier alpha value is -5.22. The standard InChI is InChI=1S/C34H29BrN4O5/c1-3-43-32-20-25(19-30(35)33(32)44-22-24-8-7-11-29(18-24)39(41)42)21-36-37-34(40)27-13-15-28(16-14-27)38-23(2)12-17-31(38)26-9-5-4-6-10-26/h4-21H,3,22H2,1-2H3,(H,37,40)/b36-21+. The Labute approximate surface area is 263 Å². The van der Waals surface area contributed by atoms with Gasteiger partial charge in [-0.15, -0.1) is 0 Å². The summed E-state index contributed by atoms with van der Waals surface area (Å²) in [5.74, 6) is 0.570. The number of carbonyl (C=O) groups excluding carboxylic acids is 1. The summed E-state index contributed by atoms with van der Waals surface area (Å²) < 4.78 is 14.5. The molecule has 0 aliphatic carbocycles. The first-order valence-electron chi connectivity index (χ1n) is 13.8. The van der Waals surface area contributed by atoms with Crippen LogP contribution >= 0.6 is 15.9 Å². The minimum absolute atomic E-state index is 0.00654. The summed E-state index contributed by atoms with van der Waals surface area (Å²) in [6.45, 7) is 4.40. The van der Waals surface area contributed by atoms with Gasteiger partial charge in [-0.1, -0.05) is 42.5 Å². The molecule has 0 unspecified atom stereocenters. The monoisotopic (exact) mass is 652 g/mol. The average Bonchev–Trinajstić information content (AvgIpc) is 3.42. The number of aryl methyl sites for hydroxylation is 1. The van der Waals surface area contributed by atoms with Crippen LogP contribution in [0.1, 0.15) is 34.1 Å². The normalized spacial score (nSPS) is 11.0. The summed E-state index contributed by atoms with van der Waals surface area (Å²) in [5, 5.41) is 15.2. The quantitative estimate of drug-likeness (QED) is 0.0887. The molecule has 0 spiro atoms. The molecule has 0 radical (unpaired) electrons. The van der Waals surface area contributed by atoms with Crippen LogP contribution in [-0.4, -0.2) is 28.2 Å². The van der Waals surface area contributed by atoms with E-state index in [1.165, 1.54) is 18.3 Å². The maximum Gasteiger partial charge on any atom is 0.271 e. The van der Waals surface area contributed by atoms with Crippen molar-refractivity contribution < 1.29 is 19.2 Å². The van der Waals surface area contributed by atoms with E-state index in [0.29, 0.717) is 39.3 Å². The van der Waals surface area contributed by atoms with Gasteiger partial charge in [0.15, 0.2) is 11.5 Å². The Kier molecular flexibility index (Phi) is 9.51. The molecule has 44 heavy (non-hydrogen) atoms. The predicted octanol–water partition coefficient (Wildman–Crippen LogP) is 7.87. The van der Waals surface area contributed by atoms with E-state index in [-0.39, 0.29) is 18.2 Å². The number of aromatic nitrogens is 1. The third-order valence-electron chi connectivity index (χ3n) is 6.75. The Balaban J connectivity index is 1.26. The highest BCUT2D eigenvalue weighted by molar-refractivity contribution is 9.10. The van der Waals surface area contributed by atoms with Crippen LogP contribution in [0, 0.1) is 17.0 Å². The molecule has 1 aromatic heterocycles. The number of halogens is 1. The SMILES string of the molecule is CCOc1cc(/C=N/NC(=O)c2ccc(-n3c(C)ccc3-c3ccccc3)cc2)cc(Br)c1OCc1cccc([N+](=O)[O-])c1. The van der Waals surface area contributed by atoms with Crippen molar-refractivity contribution in [3.63, 3.8) is 0 Å². The lowest BCUT2D eigenvalue weighted by Crippen LogP contribution is -2.17. The van der Waals surface area contributed by atoms with Crippen LogP contribution in [0.5, 0.6) is 11.5 Å². The molecular formula is C34H29BrN4O5. The van der Waals surface area contributed by atoms with E-state index in [0.717, 1.165) is 22.6 Å². The van der Waals surface area contributed by atoms with E-state index in [4.69, 9.17) is 9.47 Å². The fraction of sp³-hybridized carbons (Fsp3) is 0.118. The maximum absolute atomic E-state index is 12.8. The van der Waals surface area contributed by atoms with Gasteiger partial charge in [0.2, 0.25) is 0 Å². The second kappa shape index (κ2) is 13.8. The van der Waals surface area contributed by atoms with Crippen molar-refractivity contribution in [3.05, 3.63) is 140 Å². The van der Waals surface area contributed by atoms with E-state index in [9.17, 15) is 14.9 Å². The molecule has 0 aliphatic rings. The van der Waals surface area contributed by atoms with Crippen molar-refractivity contribution in [2.75, 3.05) is 6.61 Å². The lowest BCUT2D eigenvalue weighted by Gasteiger charge is -2.14. The van der Waals surface area contributed by atoms with E-state index >= 15 is 0 Å². The first-order valence-corrected chi connectivity index (χ1v) is 14.6. The minimum atomic E-state index is -0.445. The number of nitrogens with one attached hydrogen (secondary N) is 1. The van der Waals surface area contributed by atoms with Crippen molar-refractivity contribution >= 4 is 33.7 Å². The molecule has 0 saturated carbocycles. The van der Waals surface area contributed by atoms with Gasteiger partial charge in [0.05, 0.1) is 27.9 Å². The number of nitro groups is 1. The van der Waals surface area contributed by atoms with E-state index in [1.807, 2.05) is 44.2 Å². The number of hydrogen-bond donors (Lipinski definition) is 1. The van der Waals surface area contributed by atoms with Crippen LogP contribution in [0.3, 0.4) is 0 Å². The first kappa shape index (κ1) is 30.2. The number of benzene rings is 4. The summed E-state index contributed by atoms with van der Waals surface area (Å²) in [7, 11) is 0. The highest BCUT2D eigenvalue weighted by Crippen LogP contribution is 2.37. The number of hydrazone groups is 1.